The second-order valence-corrected chi connectivity index (χ2v) is 31.6. The molecule has 6 aromatic rings. The first-order valence-corrected chi connectivity index (χ1v) is 38.8. The number of hydrazine groups is 3. The predicted octanol–water partition coefficient (Wildman–Crippen LogP) is 12.1. The van der Waals surface area contributed by atoms with Gasteiger partial charge in [-0.2, -0.15) is 0 Å². The first-order chi connectivity index (χ1) is 49.8. The number of ketones is 3. The molecule has 25 rings (SSSR count). The van der Waals surface area contributed by atoms with Crippen LogP contribution < -0.4 is 49.8 Å². The molecule has 15 heterocycles. The fourth-order valence-electron chi connectivity index (χ4n) is 20.5. The van der Waals surface area contributed by atoms with Gasteiger partial charge in [-0.15, -0.1) is 0 Å². The van der Waals surface area contributed by atoms with Crippen LogP contribution in [0, 0.1) is 23.7 Å². The van der Waals surface area contributed by atoms with E-state index in [1.54, 1.807) is 16.7 Å². The Bertz CT molecular complexity index is 3440. The molecule has 19 aliphatic rings. The minimum atomic E-state index is 0.282. The lowest BCUT2D eigenvalue weighted by Gasteiger charge is -2.51. The van der Waals surface area contributed by atoms with Gasteiger partial charge in [-0.25, -0.2) is 0 Å². The van der Waals surface area contributed by atoms with Gasteiger partial charge in [0.15, 0.2) is 0 Å². The highest BCUT2D eigenvalue weighted by Crippen LogP contribution is 2.53. The lowest BCUT2D eigenvalue weighted by atomic mass is 9.68. The van der Waals surface area contributed by atoms with E-state index in [0.717, 1.165) is 136 Å². The Morgan fingerprint density at radius 3 is 1.18 bits per heavy atom. The average Bonchev–Trinajstić information content (AvgIpc) is 1.56. The standard InChI is InChI=1S/3C14H18N2.3C8H13NO.3C6H8N2/c2*1-16-8-9-6-7-12(16)14-13(9)10-4-2-3-5-11(10)15-14;1-2-5-12-10(4-1)11-7-9-16-8-3-6-13(16)14(11)15-12;2*1-9-5-6-2-3-7(9)8(10)4-6;10-8-4-2-6-9-5-1-3-7(8)9;3*7-8-6-4-2-1-3-5-6/h2*2-5,9,12-15H,6-8H2,1H3;1-2,4-5,11,13-15H,3,6-9H2;2*6-7H,2-5H2,1H3;7H,1-6H2;3*1-5,8H,7H2. The van der Waals surface area contributed by atoms with Crippen molar-refractivity contribution >= 4 is 51.5 Å². The molecule has 16 atom stereocenters. The molecule has 15 aliphatic heterocycles. The molecule has 16 fully saturated rings. The van der Waals surface area contributed by atoms with Crippen LogP contribution in [0.25, 0.3) is 0 Å². The number of hydrogen-bond acceptors (Lipinski definition) is 18. The van der Waals surface area contributed by atoms with Crippen LogP contribution >= 0.6 is 0 Å². The number of piperidine rings is 10. The summed E-state index contributed by atoms with van der Waals surface area (Å²) in [5.41, 5.74) is 19.3. The fourth-order valence-corrected chi connectivity index (χ4v) is 20.5. The highest BCUT2D eigenvalue weighted by Gasteiger charge is 2.52. The van der Waals surface area contributed by atoms with Crippen molar-refractivity contribution in [3.05, 3.63) is 180 Å². The van der Waals surface area contributed by atoms with Gasteiger partial charge in [-0.1, -0.05) is 109 Å². The summed E-state index contributed by atoms with van der Waals surface area (Å²) in [6.45, 7) is 9.84. The first kappa shape index (κ1) is 73.1. The third kappa shape index (κ3) is 16.9. The summed E-state index contributed by atoms with van der Waals surface area (Å²) in [6, 6.07) is 60.7. The monoisotopic (exact) mass is 1380 g/mol. The van der Waals surface area contributed by atoms with Crippen molar-refractivity contribution in [3.63, 3.8) is 0 Å². The summed E-state index contributed by atoms with van der Waals surface area (Å²) in [4.78, 5) is 48.3. The molecule has 4 aliphatic carbocycles. The fraction of sp³-hybridized carbons (Fsp3) is 0.536. The minimum absolute atomic E-state index is 0.282. The molecule has 18 heteroatoms. The summed E-state index contributed by atoms with van der Waals surface area (Å²) >= 11 is 0. The van der Waals surface area contributed by atoms with Crippen LogP contribution in [0.15, 0.2) is 164 Å². The largest absolute Gasteiger partial charge is 0.380 e. The highest BCUT2D eigenvalue weighted by molar-refractivity contribution is 5.86. The van der Waals surface area contributed by atoms with Gasteiger partial charge >= 0.3 is 0 Å². The number of rotatable bonds is 3. The van der Waals surface area contributed by atoms with E-state index in [1.165, 1.54) is 107 Å². The molecule has 4 saturated carbocycles. The highest BCUT2D eigenvalue weighted by atomic mass is 16.1. The van der Waals surface area contributed by atoms with Crippen molar-refractivity contribution in [3.8, 4) is 0 Å². The summed E-state index contributed by atoms with van der Waals surface area (Å²) < 4.78 is 0. The number of anilines is 6. The summed E-state index contributed by atoms with van der Waals surface area (Å²) in [6.07, 6.45) is 20.5. The second kappa shape index (κ2) is 34.6. The van der Waals surface area contributed by atoms with Crippen LogP contribution in [0.3, 0.4) is 0 Å². The zero-order chi connectivity index (χ0) is 70.6. The third-order valence-electron chi connectivity index (χ3n) is 25.4. The van der Waals surface area contributed by atoms with Gasteiger partial charge in [-0.3, -0.25) is 51.5 Å². The maximum atomic E-state index is 11.2. The van der Waals surface area contributed by atoms with E-state index in [-0.39, 0.29) is 12.1 Å². The average molecular weight is 1380 g/mol. The molecule has 0 radical (unpaired) electrons. The second-order valence-electron chi connectivity index (χ2n) is 31.6. The van der Waals surface area contributed by atoms with Crippen molar-refractivity contribution in [1.29, 1.82) is 0 Å². The molecule has 8 bridgehead atoms. The number of nitrogens with zero attached hydrogens (tertiary/aromatic N) is 6. The maximum absolute atomic E-state index is 11.2. The van der Waals surface area contributed by atoms with Gasteiger partial charge in [0.2, 0.25) is 0 Å². The van der Waals surface area contributed by atoms with E-state index >= 15 is 0 Å². The van der Waals surface area contributed by atoms with Gasteiger partial charge in [-0.05, 0) is 239 Å². The van der Waals surface area contributed by atoms with Crippen molar-refractivity contribution < 1.29 is 14.4 Å². The Morgan fingerprint density at radius 2 is 0.765 bits per heavy atom. The Balaban J connectivity index is 0.000000104. The van der Waals surface area contributed by atoms with Gasteiger partial charge in [0.1, 0.15) is 17.3 Å². The molecule has 12 saturated heterocycles. The van der Waals surface area contributed by atoms with Crippen LogP contribution in [0.1, 0.15) is 144 Å². The quantitative estimate of drug-likeness (QED) is 0.0594. The number of para-hydroxylation sites is 6. The van der Waals surface area contributed by atoms with Crippen LogP contribution in [0.4, 0.5) is 34.1 Å². The Hall–Kier alpha value is -7.23. The van der Waals surface area contributed by atoms with Gasteiger partial charge in [0.05, 0.1) is 18.1 Å². The third-order valence-corrected chi connectivity index (χ3v) is 25.4. The van der Waals surface area contributed by atoms with E-state index in [1.807, 2.05) is 91.0 Å². The molecule has 12 N–H and O–H groups in total. The number of carbonyl (C=O) groups excluding carboxylic acids is 3. The van der Waals surface area contributed by atoms with Gasteiger partial charge < -0.3 is 42.0 Å². The van der Waals surface area contributed by atoms with Crippen LogP contribution in [-0.4, -0.2) is 182 Å². The van der Waals surface area contributed by atoms with Crippen LogP contribution in [0.5, 0.6) is 0 Å². The zero-order valence-corrected chi connectivity index (χ0v) is 61.1. The molecule has 0 aromatic heterocycles. The van der Waals surface area contributed by atoms with Gasteiger partial charge in [0, 0.05) is 134 Å². The lowest BCUT2D eigenvalue weighted by molar-refractivity contribution is -0.132. The minimum Gasteiger partial charge on any atom is -0.380 e. The van der Waals surface area contributed by atoms with Gasteiger partial charge in [0.25, 0.3) is 0 Å². The van der Waals surface area contributed by atoms with Crippen LogP contribution in [0.2, 0.25) is 0 Å². The Morgan fingerprint density at radius 1 is 0.353 bits per heavy atom. The van der Waals surface area contributed by atoms with E-state index in [0.29, 0.717) is 53.4 Å². The predicted molar refractivity (Wildman–Crippen MR) is 416 cm³/mol. The number of fused-ring (bicyclic) bond motifs is 18. The number of carbonyl (C=O) groups is 3. The van der Waals surface area contributed by atoms with Crippen molar-refractivity contribution in [2.45, 2.75) is 181 Å². The van der Waals surface area contributed by atoms with E-state index in [4.69, 9.17) is 17.5 Å². The summed E-state index contributed by atoms with van der Waals surface area (Å²) in [7, 11) is 8.71. The maximum Gasteiger partial charge on any atom is 0.150 e. The number of Topliss-reactive ketones (excluding diaryl/α,β-unsaturated/α-hetero) is 3. The van der Waals surface area contributed by atoms with Crippen molar-refractivity contribution in [2.75, 3.05) is 113 Å². The Labute approximate surface area is 607 Å². The molecule has 0 amide bonds. The Kier molecular flexibility index (Phi) is 24.8. The zero-order valence-electron chi connectivity index (χ0n) is 61.1. The lowest BCUT2D eigenvalue weighted by Crippen LogP contribution is -2.58. The molecule has 102 heavy (non-hydrogen) atoms. The van der Waals surface area contributed by atoms with E-state index in [9.17, 15) is 14.4 Å². The molecule has 546 valence electrons. The SMILES string of the molecule is CN1CC2CCC1C(=O)C2.CN1CC2CCC1C(=O)C2.CN1CC2CCC1C1Nc3ccccc3C21.CN1CC2CCC1C1Nc3ccccc3C21.NNc1ccccc1.NNc1ccccc1.NNc1ccccc1.O=C1CCCN2CCCC12.c1ccc2c(c1)NC1C2CCN2CCCC12. The van der Waals surface area contributed by atoms with E-state index < -0.39 is 0 Å². The summed E-state index contributed by atoms with van der Waals surface area (Å²) in [5.74, 6) is 22.2. The molecular weight excluding hydrogens is 1270 g/mol. The molecule has 18 nitrogen and oxygen atoms in total. The number of benzene rings is 6. The normalized spacial score (nSPS) is 31.7. The molecule has 6 aromatic carbocycles. The summed E-state index contributed by atoms with van der Waals surface area (Å²) in [5, 5.41) is 11.3. The number of hydrogen-bond donors (Lipinski definition) is 9. The number of nitrogens with two attached hydrogens (primary N) is 3. The number of nitrogen functional groups attached to an aromatic ring is 3. The first-order valence-electron chi connectivity index (χ1n) is 38.8. The number of nitrogens with one attached hydrogen (secondary N) is 6. The van der Waals surface area contributed by atoms with Crippen LogP contribution in [-0.2, 0) is 14.4 Å². The number of likely N-dealkylation sites (N-methyl/N-ethyl adjacent to an activating group) is 4. The van der Waals surface area contributed by atoms with Crippen molar-refractivity contribution in [1.82, 2.24) is 29.4 Å². The molecule has 0 spiro atoms. The smallest absolute Gasteiger partial charge is 0.150 e. The molecule has 16 unspecified atom stereocenters. The molecular formula is C84H117N15O3. The van der Waals surface area contributed by atoms with E-state index in [2.05, 4.69) is 163 Å². The van der Waals surface area contributed by atoms with Crippen molar-refractivity contribution in [2.24, 2.45) is 41.2 Å². The topological polar surface area (TPSA) is 221 Å².